The molecule has 0 fully saturated rings. The first kappa shape index (κ1) is 37.7. The van der Waals surface area contributed by atoms with E-state index in [4.69, 9.17) is 11.1 Å². The van der Waals surface area contributed by atoms with Crippen LogP contribution in [-0.4, -0.2) is 16.2 Å². The molecule has 0 radical (unpaired) electrons. The first-order chi connectivity index (χ1) is 30.3. The highest BCUT2D eigenvalue weighted by Gasteiger charge is 2.30. The number of benzene rings is 7. The highest BCUT2D eigenvalue weighted by Crippen LogP contribution is 2.48. The van der Waals surface area contributed by atoms with Gasteiger partial charge in [-0.2, -0.15) is 0 Å². The van der Waals surface area contributed by atoms with Crippen LogP contribution in [0.25, 0.3) is 49.9 Å². The Hall–Kier alpha value is -7.25. The predicted octanol–water partition coefficient (Wildman–Crippen LogP) is 15.3. The number of fused-ring (bicyclic) bond motifs is 4. The molecule has 0 aliphatic carbocycles. The van der Waals surface area contributed by atoms with Crippen LogP contribution in [0, 0.1) is 11.6 Å². The summed E-state index contributed by atoms with van der Waals surface area (Å²) in [6.07, 6.45) is 1.89. The van der Waals surface area contributed by atoms with E-state index in [0.717, 1.165) is 73.1 Å². The summed E-state index contributed by atoms with van der Waals surface area (Å²) in [7, 11) is 0. The molecule has 0 N–H and O–H groups in total. The highest BCUT2D eigenvalue weighted by molar-refractivity contribution is 6.09. The van der Waals surface area contributed by atoms with Crippen LogP contribution in [0.15, 0.2) is 170 Å². The topological polar surface area (TPSA) is 33.5 Å². The fourth-order valence-corrected chi connectivity index (χ4v) is 8.83. The van der Waals surface area contributed by atoms with Gasteiger partial charge in [0, 0.05) is 47.8 Å². The van der Waals surface area contributed by atoms with Crippen molar-refractivity contribution in [2.45, 2.75) is 45.9 Å². The van der Waals surface area contributed by atoms with E-state index >= 15 is 0 Å². The lowest BCUT2D eigenvalue weighted by Gasteiger charge is -2.25. The average molecular weight is 818 g/mol. The SMILES string of the molecule is [2H]C(C)(C)c1ccccc1-c1cc(Oc2ccc3c4ccccc4n(-c4cc(C(C)(C)C)ccn4)c3c2)cc(N2CN(c3ccccc3-c3cc(F)cc(F)c3)c3ccccc32)c1. The maximum atomic E-state index is 14.6. The summed E-state index contributed by atoms with van der Waals surface area (Å²) >= 11 is 0. The number of rotatable bonds is 8. The van der Waals surface area contributed by atoms with Crippen molar-refractivity contribution in [3.8, 4) is 39.6 Å². The molecule has 1 aliphatic heterocycles. The predicted molar refractivity (Wildman–Crippen MR) is 251 cm³/mol. The van der Waals surface area contributed by atoms with Crippen LogP contribution >= 0.6 is 0 Å². The largest absolute Gasteiger partial charge is 0.457 e. The number of hydrogen-bond donors (Lipinski definition) is 0. The summed E-state index contributed by atoms with van der Waals surface area (Å²) in [4.78, 5) is 9.29. The molecule has 0 saturated carbocycles. The summed E-state index contributed by atoms with van der Waals surface area (Å²) < 4.78 is 47.5. The van der Waals surface area contributed by atoms with Gasteiger partial charge in [0.15, 0.2) is 0 Å². The third-order valence-corrected chi connectivity index (χ3v) is 11.8. The van der Waals surface area contributed by atoms with Crippen LogP contribution in [0.5, 0.6) is 11.5 Å². The van der Waals surface area contributed by atoms with Gasteiger partial charge >= 0.3 is 0 Å². The van der Waals surface area contributed by atoms with E-state index in [-0.39, 0.29) is 5.41 Å². The minimum absolute atomic E-state index is 0.0573. The number of anilines is 4. The molecule has 0 amide bonds. The normalized spacial score (nSPS) is 13.2. The average Bonchev–Trinajstić information content (AvgIpc) is 3.81. The van der Waals surface area contributed by atoms with Gasteiger partial charge in [-0.25, -0.2) is 13.8 Å². The Balaban J connectivity index is 1.11. The summed E-state index contributed by atoms with van der Waals surface area (Å²) in [5.74, 6) is -0.00356. The van der Waals surface area contributed by atoms with Crippen LogP contribution in [0.3, 0.4) is 0 Å². The van der Waals surface area contributed by atoms with Crippen molar-refractivity contribution in [3.63, 3.8) is 0 Å². The van der Waals surface area contributed by atoms with Crippen molar-refractivity contribution in [1.29, 1.82) is 0 Å². The van der Waals surface area contributed by atoms with E-state index in [1.165, 1.54) is 17.7 Å². The number of aromatic nitrogens is 2. The molecule has 62 heavy (non-hydrogen) atoms. The minimum Gasteiger partial charge on any atom is -0.457 e. The van der Waals surface area contributed by atoms with Crippen LogP contribution in [0.4, 0.5) is 31.5 Å². The second-order valence-electron chi connectivity index (χ2n) is 17.2. The molecular formula is C55H46F2N4O. The van der Waals surface area contributed by atoms with Crippen molar-refractivity contribution in [2.24, 2.45) is 0 Å². The van der Waals surface area contributed by atoms with Crippen LogP contribution < -0.4 is 14.5 Å². The van der Waals surface area contributed by atoms with Crippen LogP contribution in [0.2, 0.25) is 0 Å². The molecule has 10 rings (SSSR count). The lowest BCUT2D eigenvalue weighted by Crippen LogP contribution is -2.24. The summed E-state index contributed by atoms with van der Waals surface area (Å²) in [6.45, 7) is 10.9. The van der Waals surface area contributed by atoms with Gasteiger partial charge in [0.25, 0.3) is 0 Å². The zero-order valence-corrected chi connectivity index (χ0v) is 35.3. The number of para-hydroxylation sites is 4. The summed E-state index contributed by atoms with van der Waals surface area (Å²) in [6, 6.07) is 52.7. The quantitative estimate of drug-likeness (QED) is 0.153. The Bertz CT molecular complexity index is 3200. The monoisotopic (exact) mass is 817 g/mol. The van der Waals surface area contributed by atoms with Gasteiger partial charge in [0.2, 0.25) is 0 Å². The molecular weight excluding hydrogens is 771 g/mol. The fraction of sp³-hybridized carbons (Fsp3) is 0.145. The second-order valence-corrected chi connectivity index (χ2v) is 17.2. The third kappa shape index (κ3) is 7.03. The van der Waals surface area contributed by atoms with Gasteiger partial charge < -0.3 is 14.5 Å². The number of ether oxygens (including phenoxy) is 1. The van der Waals surface area contributed by atoms with E-state index in [2.05, 4.69) is 120 Å². The van der Waals surface area contributed by atoms with E-state index in [1.54, 1.807) is 0 Å². The Labute approximate surface area is 362 Å². The van der Waals surface area contributed by atoms with Crippen molar-refractivity contribution in [3.05, 3.63) is 193 Å². The second kappa shape index (κ2) is 15.3. The molecule has 0 bridgehead atoms. The molecule has 306 valence electrons. The lowest BCUT2D eigenvalue weighted by molar-refractivity contribution is 0.483. The maximum Gasteiger partial charge on any atom is 0.137 e. The van der Waals surface area contributed by atoms with Crippen molar-refractivity contribution in [2.75, 3.05) is 16.5 Å². The molecule has 1 aliphatic rings. The van der Waals surface area contributed by atoms with E-state index in [0.29, 0.717) is 29.3 Å². The lowest BCUT2D eigenvalue weighted by atomic mass is 9.88. The fourth-order valence-electron chi connectivity index (χ4n) is 8.83. The molecule has 0 unspecified atom stereocenters. The summed E-state index contributed by atoms with van der Waals surface area (Å²) in [5, 5.41) is 2.22. The Morgan fingerprint density at radius 3 is 2.00 bits per heavy atom. The molecule has 7 heteroatoms. The standard InChI is InChI=1S/C55H46F2N4O/c1-35(2)44-14-6-7-15-45(44)37-28-41(59-34-60(52-21-13-12-20-51(52)59)49-18-10-8-16-46(49)36-26-39(56)31-40(57)27-36)32-43(29-37)62-42-22-23-48-47-17-9-11-19-50(47)61(53(48)33-42)54-30-38(24-25-58-54)55(3,4)5/h6-33,35H,34H2,1-5H3/i35D. The third-order valence-electron chi connectivity index (χ3n) is 11.8. The number of halogens is 2. The maximum absolute atomic E-state index is 14.6. The Morgan fingerprint density at radius 2 is 1.24 bits per heavy atom. The molecule has 0 spiro atoms. The first-order valence-electron chi connectivity index (χ1n) is 21.4. The van der Waals surface area contributed by atoms with Crippen molar-refractivity contribution < 1.29 is 14.9 Å². The molecule has 2 aromatic heterocycles. The molecule has 5 nitrogen and oxygen atoms in total. The zero-order chi connectivity index (χ0) is 43.6. The first-order valence-corrected chi connectivity index (χ1v) is 20.9. The smallest absolute Gasteiger partial charge is 0.137 e. The van der Waals surface area contributed by atoms with Gasteiger partial charge in [0.1, 0.15) is 35.6 Å². The zero-order valence-electron chi connectivity index (χ0n) is 36.3. The van der Waals surface area contributed by atoms with E-state index in [9.17, 15) is 8.78 Å². The van der Waals surface area contributed by atoms with Crippen molar-refractivity contribution in [1.82, 2.24) is 9.55 Å². The number of hydrogen-bond acceptors (Lipinski definition) is 4. The van der Waals surface area contributed by atoms with Gasteiger partial charge in [-0.05, 0) is 112 Å². The van der Waals surface area contributed by atoms with E-state index < -0.39 is 17.5 Å². The van der Waals surface area contributed by atoms with E-state index in [1.807, 2.05) is 80.7 Å². The summed E-state index contributed by atoms with van der Waals surface area (Å²) in [5.41, 5.74) is 10.7. The van der Waals surface area contributed by atoms with Gasteiger partial charge in [-0.3, -0.25) is 4.57 Å². The van der Waals surface area contributed by atoms with Crippen molar-refractivity contribution >= 4 is 44.6 Å². The van der Waals surface area contributed by atoms with Gasteiger partial charge in [-0.15, -0.1) is 0 Å². The van der Waals surface area contributed by atoms with Gasteiger partial charge in [0.05, 0.1) is 28.1 Å². The molecule has 7 aromatic carbocycles. The minimum atomic E-state index is -0.873. The molecule has 9 aromatic rings. The molecule has 0 saturated heterocycles. The Morgan fingerprint density at radius 1 is 0.597 bits per heavy atom. The van der Waals surface area contributed by atoms with Crippen LogP contribution in [-0.2, 0) is 5.41 Å². The Kier molecular flexibility index (Phi) is 9.33. The molecule has 3 heterocycles. The van der Waals surface area contributed by atoms with Gasteiger partial charge in [-0.1, -0.05) is 107 Å². The highest BCUT2D eigenvalue weighted by atomic mass is 19.1. The molecule has 0 atom stereocenters. The number of nitrogens with zero attached hydrogens (tertiary/aromatic N) is 4. The van der Waals surface area contributed by atoms with Crippen LogP contribution in [0.1, 0.15) is 53.0 Å². The number of pyridine rings is 1.